The van der Waals surface area contributed by atoms with E-state index in [9.17, 15) is 14.4 Å². The van der Waals surface area contributed by atoms with E-state index >= 15 is 0 Å². The summed E-state index contributed by atoms with van der Waals surface area (Å²) in [6.45, 7) is 0.239. The van der Waals surface area contributed by atoms with Crippen LogP contribution in [0.1, 0.15) is 55.3 Å². The van der Waals surface area contributed by atoms with Gasteiger partial charge in [-0.05, 0) is 68.4 Å². The lowest BCUT2D eigenvalue weighted by atomic mass is 9.53. The summed E-state index contributed by atoms with van der Waals surface area (Å²) < 4.78 is 0. The molecule has 0 atom stereocenters. The molecular weight excluding hydrogens is 356 g/mol. The van der Waals surface area contributed by atoms with E-state index in [1.54, 1.807) is 24.3 Å². The maximum atomic E-state index is 12.4. The molecule has 5 rings (SSSR count). The molecule has 0 aliphatic heterocycles. The van der Waals surface area contributed by atoms with Gasteiger partial charge in [-0.1, -0.05) is 12.1 Å². The second-order valence-electron chi connectivity index (χ2n) is 8.79. The number of primary amides is 1. The zero-order chi connectivity index (χ0) is 19.7. The molecule has 4 fully saturated rings. The quantitative estimate of drug-likeness (QED) is 0.604. The molecule has 7 nitrogen and oxygen atoms in total. The maximum absolute atomic E-state index is 12.4. The minimum atomic E-state index is -0.594. The van der Waals surface area contributed by atoms with Crippen molar-refractivity contribution in [2.45, 2.75) is 50.5 Å². The van der Waals surface area contributed by atoms with Crippen LogP contribution in [0.15, 0.2) is 24.3 Å². The van der Waals surface area contributed by atoms with E-state index in [2.05, 4.69) is 16.0 Å². The highest BCUT2D eigenvalue weighted by atomic mass is 16.2. The van der Waals surface area contributed by atoms with Crippen molar-refractivity contribution in [2.24, 2.45) is 23.5 Å². The van der Waals surface area contributed by atoms with Crippen LogP contribution in [-0.2, 0) is 4.79 Å². The average Bonchev–Trinajstić information content (AvgIpc) is 2.60. The highest BCUT2D eigenvalue weighted by molar-refractivity contribution is 6.03. The predicted molar refractivity (Wildman–Crippen MR) is 106 cm³/mol. The molecule has 0 heterocycles. The van der Waals surface area contributed by atoms with Crippen LogP contribution in [0.4, 0.5) is 10.5 Å². The van der Waals surface area contributed by atoms with Gasteiger partial charge in [0.05, 0.1) is 11.3 Å². The molecule has 0 radical (unpaired) electrons. The number of para-hydroxylation sites is 1. The molecule has 5 N–H and O–H groups in total. The van der Waals surface area contributed by atoms with Gasteiger partial charge in [-0.25, -0.2) is 4.79 Å². The van der Waals surface area contributed by atoms with Gasteiger partial charge >= 0.3 is 6.03 Å². The Bertz CT molecular complexity index is 756. The smallest absolute Gasteiger partial charge is 0.315 e. The molecule has 1 aromatic rings. The van der Waals surface area contributed by atoms with Gasteiger partial charge in [0, 0.05) is 18.5 Å². The van der Waals surface area contributed by atoms with E-state index in [1.807, 2.05) is 0 Å². The van der Waals surface area contributed by atoms with E-state index in [0.29, 0.717) is 5.69 Å². The number of rotatable bonds is 6. The Labute approximate surface area is 164 Å². The van der Waals surface area contributed by atoms with Crippen molar-refractivity contribution in [3.63, 3.8) is 0 Å². The molecule has 0 unspecified atom stereocenters. The summed E-state index contributed by atoms with van der Waals surface area (Å²) in [5, 5.41) is 8.72. The molecule has 150 valence electrons. The Morgan fingerprint density at radius 2 is 1.61 bits per heavy atom. The van der Waals surface area contributed by atoms with E-state index in [-0.39, 0.29) is 36.0 Å². The lowest BCUT2D eigenvalue weighted by Crippen LogP contribution is -2.61. The first-order valence-electron chi connectivity index (χ1n) is 10.2. The van der Waals surface area contributed by atoms with E-state index in [0.717, 1.165) is 37.0 Å². The van der Waals surface area contributed by atoms with Gasteiger partial charge in [-0.3, -0.25) is 9.59 Å². The van der Waals surface area contributed by atoms with Gasteiger partial charge in [-0.2, -0.15) is 0 Å². The first-order chi connectivity index (χ1) is 13.4. The number of carbonyl (C=O) groups is 3. The van der Waals surface area contributed by atoms with Crippen LogP contribution in [0, 0.1) is 17.8 Å². The van der Waals surface area contributed by atoms with E-state index < -0.39 is 5.91 Å². The number of hydrogen-bond acceptors (Lipinski definition) is 3. The minimum absolute atomic E-state index is 0.0402. The lowest BCUT2D eigenvalue weighted by molar-refractivity contribution is -0.116. The van der Waals surface area contributed by atoms with Gasteiger partial charge in [0.25, 0.3) is 5.91 Å². The van der Waals surface area contributed by atoms with Crippen molar-refractivity contribution in [3.05, 3.63) is 29.8 Å². The molecule has 28 heavy (non-hydrogen) atoms. The first-order valence-corrected chi connectivity index (χ1v) is 10.2. The predicted octanol–water partition coefficient (Wildman–Crippen LogP) is 2.38. The molecule has 4 amide bonds. The SMILES string of the molecule is NC(=O)c1ccccc1NC(=O)CCNC(=O)NC12CC3CC(CC(C3)C1)C2. The topological polar surface area (TPSA) is 113 Å². The van der Waals surface area contributed by atoms with Crippen LogP contribution in [0.2, 0.25) is 0 Å². The third-order valence-corrected chi connectivity index (χ3v) is 6.52. The first kappa shape index (κ1) is 18.8. The Morgan fingerprint density at radius 3 is 2.21 bits per heavy atom. The molecule has 0 aromatic heterocycles. The largest absolute Gasteiger partial charge is 0.366 e. The van der Waals surface area contributed by atoms with Crippen LogP contribution in [0.25, 0.3) is 0 Å². The number of hydrogen-bond donors (Lipinski definition) is 4. The number of nitrogens with one attached hydrogen (secondary N) is 3. The lowest BCUT2D eigenvalue weighted by Gasteiger charge is -2.56. The molecule has 4 aliphatic rings. The van der Waals surface area contributed by atoms with Crippen molar-refractivity contribution >= 4 is 23.5 Å². The second-order valence-corrected chi connectivity index (χ2v) is 8.79. The zero-order valence-electron chi connectivity index (χ0n) is 16.0. The summed E-state index contributed by atoms with van der Waals surface area (Å²) in [7, 11) is 0. The zero-order valence-corrected chi connectivity index (χ0v) is 16.0. The Kier molecular flexibility index (Phi) is 5.00. The van der Waals surface area contributed by atoms with Crippen molar-refractivity contribution in [1.82, 2.24) is 10.6 Å². The minimum Gasteiger partial charge on any atom is -0.366 e. The number of nitrogens with two attached hydrogens (primary N) is 1. The number of amides is 4. The van der Waals surface area contributed by atoms with Crippen LogP contribution < -0.4 is 21.7 Å². The summed E-state index contributed by atoms with van der Waals surface area (Å²) in [4.78, 5) is 36.0. The van der Waals surface area contributed by atoms with Crippen LogP contribution >= 0.6 is 0 Å². The summed E-state index contributed by atoms with van der Waals surface area (Å²) in [6, 6.07) is 6.42. The van der Waals surface area contributed by atoms with Gasteiger partial charge in [0.1, 0.15) is 0 Å². The van der Waals surface area contributed by atoms with Crippen molar-refractivity contribution in [3.8, 4) is 0 Å². The number of carbonyl (C=O) groups excluding carboxylic acids is 3. The molecular formula is C21H28N4O3. The fourth-order valence-corrected chi connectivity index (χ4v) is 5.86. The van der Waals surface area contributed by atoms with Gasteiger partial charge in [0.15, 0.2) is 0 Å². The van der Waals surface area contributed by atoms with Gasteiger partial charge < -0.3 is 21.7 Å². The monoisotopic (exact) mass is 384 g/mol. The molecule has 7 heteroatoms. The fraction of sp³-hybridized carbons (Fsp3) is 0.571. The molecule has 0 saturated heterocycles. The summed E-state index contributed by atoms with van der Waals surface area (Å²) in [5.74, 6) is 1.43. The average molecular weight is 384 g/mol. The number of benzene rings is 1. The van der Waals surface area contributed by atoms with Crippen molar-refractivity contribution in [2.75, 3.05) is 11.9 Å². The molecule has 1 aromatic carbocycles. The highest BCUT2D eigenvalue weighted by Gasteiger charge is 2.51. The molecule has 4 saturated carbocycles. The van der Waals surface area contributed by atoms with Gasteiger partial charge in [-0.15, -0.1) is 0 Å². The van der Waals surface area contributed by atoms with Crippen molar-refractivity contribution < 1.29 is 14.4 Å². The summed E-state index contributed by atoms with van der Waals surface area (Å²) in [6.07, 6.45) is 7.40. The Balaban J connectivity index is 1.24. The van der Waals surface area contributed by atoms with Crippen LogP contribution in [0.5, 0.6) is 0 Å². The summed E-state index contributed by atoms with van der Waals surface area (Å²) in [5.41, 5.74) is 5.93. The van der Waals surface area contributed by atoms with E-state index in [1.165, 1.54) is 19.3 Å². The van der Waals surface area contributed by atoms with Crippen LogP contribution in [-0.4, -0.2) is 29.9 Å². The van der Waals surface area contributed by atoms with Crippen molar-refractivity contribution in [1.29, 1.82) is 0 Å². The normalized spacial score (nSPS) is 29.9. The molecule has 0 spiro atoms. The third kappa shape index (κ3) is 3.98. The Morgan fingerprint density at radius 1 is 1.00 bits per heavy atom. The third-order valence-electron chi connectivity index (χ3n) is 6.52. The fourth-order valence-electron chi connectivity index (χ4n) is 5.86. The standard InChI is InChI=1S/C21H28N4O3/c22-19(27)16-3-1-2-4-17(16)24-18(26)5-6-23-20(28)25-21-10-13-7-14(11-21)9-15(8-13)12-21/h1-4,13-15H,5-12H2,(H2,22,27)(H,24,26)(H2,23,25,28). The van der Waals surface area contributed by atoms with E-state index in [4.69, 9.17) is 5.73 Å². The number of anilines is 1. The summed E-state index contributed by atoms with van der Waals surface area (Å²) >= 11 is 0. The molecule has 4 bridgehead atoms. The highest BCUT2D eigenvalue weighted by Crippen LogP contribution is 2.55. The van der Waals surface area contributed by atoms with Crippen LogP contribution in [0.3, 0.4) is 0 Å². The van der Waals surface area contributed by atoms with Gasteiger partial charge in [0.2, 0.25) is 5.91 Å². The second kappa shape index (κ2) is 7.45. The number of urea groups is 1. The Hall–Kier alpha value is -2.57. The molecule has 4 aliphatic carbocycles. The maximum Gasteiger partial charge on any atom is 0.315 e.